The van der Waals surface area contributed by atoms with E-state index in [4.69, 9.17) is 14.2 Å². The molecule has 4 heteroatoms. The Kier molecular flexibility index (Phi) is 6.22. The third-order valence-electron chi connectivity index (χ3n) is 2.26. The van der Waals surface area contributed by atoms with E-state index >= 15 is 0 Å². The predicted molar refractivity (Wildman–Crippen MR) is 69.5 cm³/mol. The number of carbonyl (C=O) groups excluding carboxylic acids is 1. The fraction of sp³-hybridized carbons (Fsp3) is 0.500. The van der Waals surface area contributed by atoms with Gasteiger partial charge in [0.15, 0.2) is 11.5 Å². The van der Waals surface area contributed by atoms with Crippen molar-refractivity contribution in [2.45, 2.75) is 13.8 Å². The lowest BCUT2D eigenvalue weighted by Gasteiger charge is -2.11. The first-order valence-electron chi connectivity index (χ1n) is 6.01. The standard InChI is InChI=1S/C14H20O4/c1-11(2)10-17-6-7-18-13-5-4-12(9-15)8-14(13)16-3/h4-5,8-9,11H,6-7,10H2,1-3H3. The molecule has 1 rings (SSSR count). The molecule has 0 bridgehead atoms. The molecule has 0 aliphatic rings. The molecule has 0 heterocycles. The maximum atomic E-state index is 10.6. The quantitative estimate of drug-likeness (QED) is 0.527. The first-order valence-corrected chi connectivity index (χ1v) is 6.01. The van der Waals surface area contributed by atoms with Crippen LogP contribution >= 0.6 is 0 Å². The first-order chi connectivity index (χ1) is 8.67. The van der Waals surface area contributed by atoms with Crippen molar-refractivity contribution in [3.63, 3.8) is 0 Å². The van der Waals surface area contributed by atoms with Gasteiger partial charge in [0, 0.05) is 12.2 Å². The number of carbonyl (C=O) groups is 1. The van der Waals surface area contributed by atoms with Gasteiger partial charge in [-0.05, 0) is 24.1 Å². The SMILES string of the molecule is COc1cc(C=O)ccc1OCCOCC(C)C. The molecule has 0 unspecified atom stereocenters. The molecule has 0 N–H and O–H groups in total. The minimum atomic E-state index is 0.462. The lowest BCUT2D eigenvalue weighted by atomic mass is 10.2. The van der Waals surface area contributed by atoms with Gasteiger partial charge in [-0.2, -0.15) is 0 Å². The molecule has 0 saturated carbocycles. The fourth-order valence-corrected chi connectivity index (χ4v) is 1.41. The number of methoxy groups -OCH3 is 1. The molecule has 0 radical (unpaired) electrons. The molecule has 1 aromatic carbocycles. The molecule has 1 aromatic rings. The largest absolute Gasteiger partial charge is 0.493 e. The van der Waals surface area contributed by atoms with Crippen molar-refractivity contribution in [2.75, 3.05) is 26.9 Å². The van der Waals surface area contributed by atoms with E-state index in [1.54, 1.807) is 25.3 Å². The van der Waals surface area contributed by atoms with Crippen molar-refractivity contribution in [3.05, 3.63) is 23.8 Å². The van der Waals surface area contributed by atoms with E-state index in [0.29, 0.717) is 36.2 Å². The van der Waals surface area contributed by atoms with Crippen molar-refractivity contribution in [2.24, 2.45) is 5.92 Å². The highest BCUT2D eigenvalue weighted by Gasteiger charge is 2.05. The monoisotopic (exact) mass is 252 g/mol. The molecule has 0 aromatic heterocycles. The number of ether oxygens (including phenoxy) is 3. The predicted octanol–water partition coefficient (Wildman–Crippen LogP) is 2.56. The third-order valence-corrected chi connectivity index (χ3v) is 2.26. The van der Waals surface area contributed by atoms with Gasteiger partial charge in [0.2, 0.25) is 0 Å². The third kappa shape index (κ3) is 4.75. The van der Waals surface area contributed by atoms with Crippen LogP contribution in [0.4, 0.5) is 0 Å². The van der Waals surface area contributed by atoms with Crippen molar-refractivity contribution in [3.8, 4) is 11.5 Å². The molecule has 0 atom stereocenters. The molecular weight excluding hydrogens is 232 g/mol. The smallest absolute Gasteiger partial charge is 0.161 e. The Morgan fingerprint density at radius 2 is 2.00 bits per heavy atom. The topological polar surface area (TPSA) is 44.8 Å². The summed E-state index contributed by atoms with van der Waals surface area (Å²) in [6, 6.07) is 5.07. The zero-order chi connectivity index (χ0) is 13.4. The summed E-state index contributed by atoms with van der Waals surface area (Å²) in [5.74, 6) is 1.70. The van der Waals surface area contributed by atoms with E-state index < -0.39 is 0 Å². The van der Waals surface area contributed by atoms with E-state index in [0.717, 1.165) is 12.9 Å². The minimum absolute atomic E-state index is 0.462. The summed E-state index contributed by atoms with van der Waals surface area (Å²) in [5.41, 5.74) is 0.565. The van der Waals surface area contributed by atoms with Gasteiger partial charge >= 0.3 is 0 Å². The molecular formula is C14H20O4. The van der Waals surface area contributed by atoms with Crippen molar-refractivity contribution >= 4 is 6.29 Å². The number of benzene rings is 1. The zero-order valence-corrected chi connectivity index (χ0v) is 11.1. The van der Waals surface area contributed by atoms with Crippen LogP contribution in [-0.2, 0) is 4.74 Å². The number of rotatable bonds is 8. The molecule has 0 amide bonds. The second-order valence-electron chi connectivity index (χ2n) is 4.35. The van der Waals surface area contributed by atoms with Crippen LogP contribution in [0.15, 0.2) is 18.2 Å². The van der Waals surface area contributed by atoms with Crippen LogP contribution in [0, 0.1) is 5.92 Å². The highest BCUT2D eigenvalue weighted by molar-refractivity contribution is 5.76. The van der Waals surface area contributed by atoms with Crippen LogP contribution in [0.5, 0.6) is 11.5 Å². The average molecular weight is 252 g/mol. The molecule has 100 valence electrons. The molecule has 4 nitrogen and oxygen atoms in total. The Balaban J connectivity index is 2.44. The summed E-state index contributed by atoms with van der Waals surface area (Å²) in [6.07, 6.45) is 0.776. The van der Waals surface area contributed by atoms with Crippen molar-refractivity contribution in [1.29, 1.82) is 0 Å². The van der Waals surface area contributed by atoms with Gasteiger partial charge < -0.3 is 14.2 Å². The number of hydrogen-bond acceptors (Lipinski definition) is 4. The Bertz CT molecular complexity index is 374. The lowest BCUT2D eigenvalue weighted by Crippen LogP contribution is -2.10. The first kappa shape index (κ1) is 14.5. The normalized spacial score (nSPS) is 10.4. The molecule has 0 saturated heterocycles. The van der Waals surface area contributed by atoms with Crippen LogP contribution in [0.25, 0.3) is 0 Å². The van der Waals surface area contributed by atoms with Crippen LogP contribution in [0.1, 0.15) is 24.2 Å². The Morgan fingerprint density at radius 3 is 2.61 bits per heavy atom. The van der Waals surface area contributed by atoms with Gasteiger partial charge in [0.05, 0.1) is 13.7 Å². The van der Waals surface area contributed by atoms with Gasteiger partial charge in [-0.15, -0.1) is 0 Å². The van der Waals surface area contributed by atoms with E-state index in [9.17, 15) is 4.79 Å². The second-order valence-corrected chi connectivity index (χ2v) is 4.35. The van der Waals surface area contributed by atoms with Crippen LogP contribution in [0.3, 0.4) is 0 Å². The highest BCUT2D eigenvalue weighted by atomic mass is 16.5. The maximum absolute atomic E-state index is 10.6. The fourth-order valence-electron chi connectivity index (χ4n) is 1.41. The summed E-state index contributed by atoms with van der Waals surface area (Å²) in [6.45, 7) is 5.93. The average Bonchev–Trinajstić information content (AvgIpc) is 2.38. The van der Waals surface area contributed by atoms with E-state index in [1.807, 2.05) is 0 Å². The molecule has 18 heavy (non-hydrogen) atoms. The van der Waals surface area contributed by atoms with Crippen molar-refractivity contribution < 1.29 is 19.0 Å². The summed E-state index contributed by atoms with van der Waals surface area (Å²) in [5, 5.41) is 0. The number of aldehydes is 1. The summed E-state index contributed by atoms with van der Waals surface area (Å²) >= 11 is 0. The zero-order valence-electron chi connectivity index (χ0n) is 11.1. The van der Waals surface area contributed by atoms with Gasteiger partial charge in [0.1, 0.15) is 12.9 Å². The minimum Gasteiger partial charge on any atom is -0.493 e. The summed E-state index contributed by atoms with van der Waals surface area (Å²) in [7, 11) is 1.55. The molecule has 0 aliphatic heterocycles. The molecule has 0 aliphatic carbocycles. The second kappa shape index (κ2) is 7.71. The van der Waals surface area contributed by atoms with Gasteiger partial charge in [-0.25, -0.2) is 0 Å². The van der Waals surface area contributed by atoms with Crippen LogP contribution < -0.4 is 9.47 Å². The Hall–Kier alpha value is -1.55. The van der Waals surface area contributed by atoms with Crippen LogP contribution in [0.2, 0.25) is 0 Å². The van der Waals surface area contributed by atoms with Gasteiger partial charge in [-0.3, -0.25) is 4.79 Å². The summed E-state index contributed by atoms with van der Waals surface area (Å²) < 4.78 is 16.1. The van der Waals surface area contributed by atoms with Gasteiger partial charge in [0.25, 0.3) is 0 Å². The lowest BCUT2D eigenvalue weighted by molar-refractivity contribution is 0.0810. The Labute approximate surface area is 108 Å². The Morgan fingerprint density at radius 1 is 1.22 bits per heavy atom. The maximum Gasteiger partial charge on any atom is 0.161 e. The van der Waals surface area contributed by atoms with E-state index in [1.165, 1.54) is 0 Å². The van der Waals surface area contributed by atoms with E-state index in [-0.39, 0.29) is 0 Å². The molecule has 0 fully saturated rings. The van der Waals surface area contributed by atoms with Crippen molar-refractivity contribution in [1.82, 2.24) is 0 Å². The van der Waals surface area contributed by atoms with E-state index in [2.05, 4.69) is 13.8 Å². The van der Waals surface area contributed by atoms with Crippen LogP contribution in [-0.4, -0.2) is 33.2 Å². The number of hydrogen-bond donors (Lipinski definition) is 0. The molecule has 0 spiro atoms. The summed E-state index contributed by atoms with van der Waals surface area (Å²) in [4.78, 5) is 10.6. The van der Waals surface area contributed by atoms with Gasteiger partial charge in [-0.1, -0.05) is 13.8 Å². The highest BCUT2D eigenvalue weighted by Crippen LogP contribution is 2.27.